The van der Waals surface area contributed by atoms with Crippen molar-refractivity contribution in [3.05, 3.63) is 65.9 Å². The predicted octanol–water partition coefficient (Wildman–Crippen LogP) is 6.35. The zero-order valence-corrected chi connectivity index (χ0v) is 28.5. The number of aromatic nitrogens is 1. The molecule has 258 valence electrons. The molecule has 11 heteroatoms. The predicted molar refractivity (Wildman–Crippen MR) is 181 cm³/mol. The van der Waals surface area contributed by atoms with E-state index in [9.17, 15) is 23.6 Å². The highest BCUT2D eigenvalue weighted by Gasteiger charge is 2.45. The molecule has 0 bridgehead atoms. The molecule has 1 unspecified atom stereocenters. The number of aryl methyl sites for hydroxylation is 1. The van der Waals surface area contributed by atoms with Crippen molar-refractivity contribution >= 4 is 40.5 Å². The third kappa shape index (κ3) is 7.82. The highest BCUT2D eigenvalue weighted by Crippen LogP contribution is 2.39. The van der Waals surface area contributed by atoms with Crippen LogP contribution >= 0.6 is 0 Å². The summed E-state index contributed by atoms with van der Waals surface area (Å²) in [6, 6.07) is 15.6. The van der Waals surface area contributed by atoms with E-state index in [4.69, 9.17) is 9.47 Å². The summed E-state index contributed by atoms with van der Waals surface area (Å²) in [5.74, 6) is -1.35. The van der Waals surface area contributed by atoms with Gasteiger partial charge in [-0.15, -0.1) is 0 Å². The summed E-state index contributed by atoms with van der Waals surface area (Å²) in [5, 5.41) is 6.52. The number of halogens is 1. The Balaban J connectivity index is 1.30. The van der Waals surface area contributed by atoms with E-state index < -0.39 is 36.4 Å². The number of nitrogens with zero attached hydrogens (tertiary/aromatic N) is 2. The molecule has 3 amide bonds. The zero-order valence-electron chi connectivity index (χ0n) is 28.5. The van der Waals surface area contributed by atoms with Gasteiger partial charge in [0.05, 0.1) is 12.6 Å². The minimum absolute atomic E-state index is 0.0680. The van der Waals surface area contributed by atoms with Gasteiger partial charge in [0.2, 0.25) is 11.8 Å². The van der Waals surface area contributed by atoms with E-state index in [1.807, 2.05) is 42.5 Å². The molecule has 3 atom stereocenters. The largest absolute Gasteiger partial charge is 0.461 e. The molecule has 5 rings (SSSR count). The van der Waals surface area contributed by atoms with Crippen molar-refractivity contribution in [2.24, 2.45) is 18.9 Å². The van der Waals surface area contributed by atoms with Gasteiger partial charge in [0.1, 0.15) is 24.0 Å². The number of anilines is 1. The number of alkyl halides is 1. The molecular formula is C37H47FN4O6. The van der Waals surface area contributed by atoms with Crippen molar-refractivity contribution in [2.75, 3.05) is 25.1 Å². The van der Waals surface area contributed by atoms with Gasteiger partial charge in [-0.05, 0) is 95.5 Å². The highest BCUT2D eigenvalue weighted by atomic mass is 19.1. The van der Waals surface area contributed by atoms with Gasteiger partial charge < -0.3 is 29.6 Å². The van der Waals surface area contributed by atoms with Gasteiger partial charge in [-0.3, -0.25) is 9.59 Å². The number of benzene rings is 2. The minimum Gasteiger partial charge on any atom is -0.461 e. The summed E-state index contributed by atoms with van der Waals surface area (Å²) < 4.78 is 26.3. The topological polar surface area (TPSA) is 119 Å². The quantitative estimate of drug-likeness (QED) is 0.258. The molecule has 1 aromatic heterocycles. The number of hydrogen-bond acceptors (Lipinski definition) is 6. The third-order valence-corrected chi connectivity index (χ3v) is 9.53. The molecule has 0 spiro atoms. The molecule has 1 aliphatic carbocycles. The normalized spacial score (nSPS) is 21.8. The second-order valence-electron chi connectivity index (χ2n) is 13.9. The van der Waals surface area contributed by atoms with E-state index in [0.717, 1.165) is 16.5 Å². The number of carbonyl (C=O) groups is 4. The number of likely N-dealkylation sites (tertiary alicyclic amines) is 1. The van der Waals surface area contributed by atoms with Crippen LogP contribution in [0.5, 0.6) is 0 Å². The Bertz CT molecular complexity index is 1630. The number of fused-ring (bicyclic) bond motifs is 1. The van der Waals surface area contributed by atoms with Gasteiger partial charge >= 0.3 is 12.1 Å². The lowest BCUT2D eigenvalue weighted by molar-refractivity contribution is -0.141. The number of alkyl carbamates (subject to hydrolysis) is 1. The van der Waals surface area contributed by atoms with E-state index in [-0.39, 0.29) is 36.2 Å². The number of hydrogen-bond donors (Lipinski definition) is 2. The van der Waals surface area contributed by atoms with Crippen LogP contribution in [0.4, 0.5) is 14.9 Å². The number of nitrogens with one attached hydrogen (secondary N) is 2. The van der Waals surface area contributed by atoms with Crippen molar-refractivity contribution in [1.82, 2.24) is 14.8 Å². The van der Waals surface area contributed by atoms with E-state index in [1.54, 1.807) is 56.3 Å². The van der Waals surface area contributed by atoms with Gasteiger partial charge in [0, 0.05) is 42.0 Å². The first-order valence-electron chi connectivity index (χ1n) is 16.9. The molecule has 10 nitrogen and oxygen atoms in total. The van der Waals surface area contributed by atoms with Crippen LogP contribution in [-0.4, -0.2) is 70.9 Å². The maximum atomic E-state index is 14.1. The third-order valence-electron chi connectivity index (χ3n) is 9.53. The van der Waals surface area contributed by atoms with Crippen molar-refractivity contribution in [1.29, 1.82) is 0 Å². The van der Waals surface area contributed by atoms with Crippen LogP contribution in [0.15, 0.2) is 54.6 Å². The summed E-state index contributed by atoms with van der Waals surface area (Å²) >= 11 is 0. The summed E-state index contributed by atoms with van der Waals surface area (Å²) in [4.78, 5) is 54.7. The first-order chi connectivity index (χ1) is 22.9. The smallest absolute Gasteiger partial charge is 0.407 e. The molecule has 0 radical (unpaired) electrons. The fourth-order valence-corrected chi connectivity index (χ4v) is 7.20. The van der Waals surface area contributed by atoms with Crippen LogP contribution in [0.1, 0.15) is 81.8 Å². The number of carbonyl (C=O) groups excluding carboxylic acids is 4. The van der Waals surface area contributed by atoms with Crippen molar-refractivity contribution in [3.63, 3.8) is 0 Å². The van der Waals surface area contributed by atoms with Gasteiger partial charge in [-0.1, -0.05) is 30.3 Å². The summed E-state index contributed by atoms with van der Waals surface area (Å²) in [7, 11) is 1.79. The fourth-order valence-electron chi connectivity index (χ4n) is 7.20. The lowest BCUT2D eigenvalue weighted by atomic mass is 9.78. The first-order valence-corrected chi connectivity index (χ1v) is 16.9. The molecule has 2 aliphatic rings. The van der Waals surface area contributed by atoms with Crippen molar-refractivity contribution < 1.29 is 33.0 Å². The molecule has 48 heavy (non-hydrogen) atoms. The highest BCUT2D eigenvalue weighted by molar-refractivity contribution is 6.01. The lowest BCUT2D eigenvalue weighted by Crippen LogP contribution is -2.49. The number of amides is 3. The Morgan fingerprint density at radius 2 is 1.69 bits per heavy atom. The molecule has 2 aromatic carbocycles. The molecule has 2 N–H and O–H groups in total. The number of rotatable bonds is 9. The van der Waals surface area contributed by atoms with Crippen LogP contribution in [0.25, 0.3) is 10.9 Å². The van der Waals surface area contributed by atoms with Gasteiger partial charge in [-0.2, -0.15) is 0 Å². The second-order valence-corrected chi connectivity index (χ2v) is 13.9. The van der Waals surface area contributed by atoms with Crippen LogP contribution in [-0.2, 0) is 26.1 Å². The zero-order chi connectivity index (χ0) is 34.6. The average molecular weight is 663 g/mol. The average Bonchev–Trinajstić information content (AvgIpc) is 3.65. The van der Waals surface area contributed by atoms with E-state index in [1.165, 1.54) is 0 Å². The molecular weight excluding hydrogens is 615 g/mol. The van der Waals surface area contributed by atoms with Crippen LogP contribution in [0, 0.1) is 11.8 Å². The van der Waals surface area contributed by atoms with Gasteiger partial charge in [0.15, 0.2) is 0 Å². The Labute approximate surface area is 281 Å². The Hall–Kier alpha value is -4.41. The summed E-state index contributed by atoms with van der Waals surface area (Å²) in [6.45, 7) is 7.03. The Morgan fingerprint density at radius 3 is 2.33 bits per heavy atom. The molecule has 1 saturated carbocycles. The molecule has 1 saturated heterocycles. The van der Waals surface area contributed by atoms with Gasteiger partial charge in [0.25, 0.3) is 0 Å². The molecule has 1 aliphatic heterocycles. The van der Waals surface area contributed by atoms with Crippen LogP contribution in [0.3, 0.4) is 0 Å². The maximum absolute atomic E-state index is 14.1. The molecule has 2 heterocycles. The molecule has 3 aromatic rings. The van der Waals surface area contributed by atoms with E-state index >= 15 is 0 Å². The number of esters is 1. The van der Waals surface area contributed by atoms with Crippen molar-refractivity contribution in [3.8, 4) is 0 Å². The summed E-state index contributed by atoms with van der Waals surface area (Å²) in [5.41, 5.74) is 2.11. The van der Waals surface area contributed by atoms with E-state index in [2.05, 4.69) is 10.6 Å². The second kappa shape index (κ2) is 14.8. The minimum atomic E-state index is -0.716. The van der Waals surface area contributed by atoms with E-state index in [0.29, 0.717) is 50.0 Å². The molecule has 2 fully saturated rings. The van der Waals surface area contributed by atoms with Crippen molar-refractivity contribution in [2.45, 2.75) is 83.4 Å². The fraction of sp³-hybridized carbons (Fsp3) is 0.514. The van der Waals surface area contributed by atoms with Gasteiger partial charge in [-0.25, -0.2) is 14.0 Å². The maximum Gasteiger partial charge on any atom is 0.407 e. The SMILES string of the molecule is CCOC(=O)c1cc2cc(NC(=O)[C@@H]3[C@H](c4ccccc4)CCN3C(=O)[C@H]3CC[C@H](C(CF)NC(=O)OC(C)(C)C)CC3)ccc2n1C. The van der Waals surface area contributed by atoms with Crippen LogP contribution < -0.4 is 10.6 Å². The Kier molecular flexibility index (Phi) is 10.8. The Morgan fingerprint density at radius 1 is 0.979 bits per heavy atom. The lowest BCUT2D eigenvalue weighted by Gasteiger charge is -2.36. The number of ether oxygens (including phenoxy) is 2. The summed E-state index contributed by atoms with van der Waals surface area (Å²) in [6.07, 6.45) is 2.26. The van der Waals surface area contributed by atoms with Crippen LogP contribution in [0.2, 0.25) is 0 Å². The standard InChI is InChI=1S/C37H47FN4O6/c1-6-47-35(45)31-21-26-20-27(16-17-30(26)41(31)5)39-33(43)32-28(23-10-8-7-9-11-23)18-19-42(32)34(44)25-14-12-24(13-15-25)29(22-38)40-36(46)48-37(2,3)4/h7-11,16-17,20-21,24-25,28-29,32H,6,12-15,18-19,22H2,1-5H3,(H,39,43)(H,40,46)/t24-,25-,28-,29?,32-/m0/s1. The first kappa shape index (κ1) is 34.9. The monoisotopic (exact) mass is 662 g/mol.